The monoisotopic (exact) mass is 250 g/mol. The van der Waals surface area contributed by atoms with E-state index in [2.05, 4.69) is 22.0 Å². The Labute approximate surface area is 108 Å². The van der Waals surface area contributed by atoms with Crippen LogP contribution in [0, 0.1) is 11.8 Å². The Morgan fingerprint density at radius 2 is 1.76 bits per heavy atom. The Balaban J connectivity index is 1.73. The molecule has 0 unspecified atom stereocenters. The fourth-order valence-corrected chi connectivity index (χ4v) is 2.35. The highest BCUT2D eigenvalue weighted by molar-refractivity contribution is 6.16. The van der Waals surface area contributed by atoms with Gasteiger partial charge in [0.05, 0.1) is 11.6 Å². The van der Waals surface area contributed by atoms with Gasteiger partial charge in [-0.3, -0.25) is 0 Å². The van der Waals surface area contributed by atoms with Crippen LogP contribution in [-0.4, -0.2) is 18.1 Å². The fourth-order valence-electron chi connectivity index (χ4n) is 2.20. The quantitative estimate of drug-likeness (QED) is 0.719. The van der Waals surface area contributed by atoms with Crippen molar-refractivity contribution in [3.63, 3.8) is 0 Å². The first kappa shape index (κ1) is 11.3. The molecule has 0 aliphatic heterocycles. The third-order valence-electron chi connectivity index (χ3n) is 3.60. The highest BCUT2D eigenvalue weighted by atomic mass is 35.5. The fraction of sp³-hybridized carbons (Fsp3) is 0.643. The highest BCUT2D eigenvalue weighted by Gasteiger charge is 2.29. The molecular weight excluding hydrogens is 232 g/mol. The number of nitrogens with zero attached hydrogens (tertiary/aromatic N) is 2. The summed E-state index contributed by atoms with van der Waals surface area (Å²) in [5.41, 5.74) is 0.987. The van der Waals surface area contributed by atoms with E-state index in [4.69, 9.17) is 11.6 Å². The SMILES string of the molecule is ClCc1cccc(N(CC2CC2)CC2CC2)n1. The first-order valence-corrected chi connectivity index (χ1v) is 7.15. The third-order valence-corrected chi connectivity index (χ3v) is 3.88. The second-order valence-electron chi connectivity index (χ2n) is 5.41. The van der Waals surface area contributed by atoms with E-state index < -0.39 is 0 Å². The minimum Gasteiger partial charge on any atom is -0.356 e. The lowest BCUT2D eigenvalue weighted by molar-refractivity contribution is 0.670. The molecule has 0 bridgehead atoms. The molecule has 0 N–H and O–H groups in total. The number of aromatic nitrogens is 1. The standard InChI is InChI=1S/C14H19ClN2/c15-8-13-2-1-3-14(16-13)17(9-11-4-5-11)10-12-6-7-12/h1-3,11-12H,4-10H2. The zero-order valence-electron chi connectivity index (χ0n) is 10.1. The summed E-state index contributed by atoms with van der Waals surface area (Å²) in [5, 5.41) is 0. The van der Waals surface area contributed by atoms with Crippen LogP contribution in [0.15, 0.2) is 18.2 Å². The molecule has 0 spiro atoms. The molecule has 0 atom stereocenters. The molecule has 3 heteroatoms. The molecule has 2 nitrogen and oxygen atoms in total. The van der Waals surface area contributed by atoms with E-state index in [1.165, 1.54) is 38.8 Å². The Morgan fingerprint density at radius 1 is 1.12 bits per heavy atom. The van der Waals surface area contributed by atoms with Crippen LogP contribution in [-0.2, 0) is 5.88 Å². The maximum absolute atomic E-state index is 5.86. The number of hydrogen-bond donors (Lipinski definition) is 0. The van der Waals surface area contributed by atoms with Crippen molar-refractivity contribution in [2.24, 2.45) is 11.8 Å². The van der Waals surface area contributed by atoms with E-state index in [0.717, 1.165) is 23.3 Å². The summed E-state index contributed by atoms with van der Waals surface area (Å²) in [6, 6.07) is 6.20. The van der Waals surface area contributed by atoms with Gasteiger partial charge in [0.25, 0.3) is 0 Å². The Bertz CT molecular complexity index is 372. The molecule has 1 aromatic rings. The summed E-state index contributed by atoms with van der Waals surface area (Å²) in [5.74, 6) is 3.46. The first-order valence-electron chi connectivity index (χ1n) is 6.62. The van der Waals surface area contributed by atoms with Crippen molar-refractivity contribution >= 4 is 17.4 Å². The lowest BCUT2D eigenvalue weighted by Crippen LogP contribution is -2.29. The van der Waals surface area contributed by atoms with Crippen LogP contribution < -0.4 is 4.90 Å². The smallest absolute Gasteiger partial charge is 0.128 e. The molecule has 1 aromatic heterocycles. The molecule has 2 fully saturated rings. The molecule has 2 saturated carbocycles. The van der Waals surface area contributed by atoms with Gasteiger partial charge < -0.3 is 4.90 Å². The summed E-state index contributed by atoms with van der Waals surface area (Å²) < 4.78 is 0. The number of pyridine rings is 1. The van der Waals surface area contributed by atoms with E-state index >= 15 is 0 Å². The van der Waals surface area contributed by atoms with Gasteiger partial charge in [0.1, 0.15) is 5.82 Å². The van der Waals surface area contributed by atoms with Gasteiger partial charge in [-0.1, -0.05) is 6.07 Å². The van der Waals surface area contributed by atoms with Crippen LogP contribution in [0.4, 0.5) is 5.82 Å². The molecule has 0 saturated heterocycles. The van der Waals surface area contributed by atoms with E-state index in [1.54, 1.807) is 0 Å². The summed E-state index contributed by atoms with van der Waals surface area (Å²) >= 11 is 5.86. The van der Waals surface area contributed by atoms with Crippen molar-refractivity contribution in [3.8, 4) is 0 Å². The zero-order valence-corrected chi connectivity index (χ0v) is 10.9. The van der Waals surface area contributed by atoms with E-state index in [-0.39, 0.29) is 0 Å². The third kappa shape index (κ3) is 3.12. The molecule has 0 amide bonds. The van der Waals surface area contributed by atoms with E-state index in [9.17, 15) is 0 Å². The molecule has 1 heterocycles. The predicted octanol–water partition coefficient (Wildman–Crippen LogP) is 3.45. The van der Waals surface area contributed by atoms with Crippen LogP contribution in [0.1, 0.15) is 31.4 Å². The van der Waals surface area contributed by atoms with Gasteiger partial charge in [-0.2, -0.15) is 0 Å². The molecule has 17 heavy (non-hydrogen) atoms. The maximum Gasteiger partial charge on any atom is 0.128 e. The van der Waals surface area contributed by atoms with Gasteiger partial charge in [0.2, 0.25) is 0 Å². The van der Waals surface area contributed by atoms with Crippen molar-refractivity contribution in [2.75, 3.05) is 18.0 Å². The van der Waals surface area contributed by atoms with Crippen molar-refractivity contribution in [2.45, 2.75) is 31.6 Å². The van der Waals surface area contributed by atoms with Gasteiger partial charge in [-0.15, -0.1) is 11.6 Å². The topological polar surface area (TPSA) is 16.1 Å². The van der Waals surface area contributed by atoms with Gasteiger partial charge >= 0.3 is 0 Å². The van der Waals surface area contributed by atoms with Crippen LogP contribution in [0.25, 0.3) is 0 Å². The molecule has 0 radical (unpaired) electrons. The molecule has 2 aliphatic rings. The van der Waals surface area contributed by atoms with Crippen molar-refractivity contribution in [3.05, 3.63) is 23.9 Å². The normalized spacial score (nSPS) is 19.4. The Morgan fingerprint density at radius 3 is 2.29 bits per heavy atom. The minimum atomic E-state index is 0.508. The minimum absolute atomic E-state index is 0.508. The Hall–Kier alpha value is -0.760. The summed E-state index contributed by atoms with van der Waals surface area (Å²) in [7, 11) is 0. The average Bonchev–Trinajstić information content (AvgIpc) is 3.23. The van der Waals surface area contributed by atoms with Crippen LogP contribution in [0.5, 0.6) is 0 Å². The number of hydrogen-bond acceptors (Lipinski definition) is 2. The molecule has 3 rings (SSSR count). The average molecular weight is 251 g/mol. The predicted molar refractivity (Wildman–Crippen MR) is 71.5 cm³/mol. The second-order valence-corrected chi connectivity index (χ2v) is 5.68. The van der Waals surface area contributed by atoms with Crippen molar-refractivity contribution < 1.29 is 0 Å². The lowest BCUT2D eigenvalue weighted by atomic mass is 10.3. The zero-order chi connectivity index (χ0) is 11.7. The molecule has 2 aliphatic carbocycles. The van der Waals surface area contributed by atoms with Crippen LogP contribution >= 0.6 is 11.6 Å². The van der Waals surface area contributed by atoms with Gasteiger partial charge in [-0.25, -0.2) is 4.98 Å². The van der Waals surface area contributed by atoms with E-state index in [0.29, 0.717) is 5.88 Å². The molecular formula is C14H19ClN2. The largest absolute Gasteiger partial charge is 0.356 e. The van der Waals surface area contributed by atoms with Gasteiger partial charge in [-0.05, 0) is 49.7 Å². The summed E-state index contributed by atoms with van der Waals surface area (Å²) in [6.07, 6.45) is 5.60. The van der Waals surface area contributed by atoms with Crippen LogP contribution in [0.3, 0.4) is 0 Å². The van der Waals surface area contributed by atoms with Gasteiger partial charge in [0.15, 0.2) is 0 Å². The lowest BCUT2D eigenvalue weighted by Gasteiger charge is -2.24. The molecule has 92 valence electrons. The van der Waals surface area contributed by atoms with Crippen molar-refractivity contribution in [1.82, 2.24) is 4.98 Å². The summed E-state index contributed by atoms with van der Waals surface area (Å²) in [6.45, 7) is 2.38. The van der Waals surface area contributed by atoms with Crippen molar-refractivity contribution in [1.29, 1.82) is 0 Å². The first-order chi connectivity index (χ1) is 8.35. The Kier molecular flexibility index (Phi) is 3.24. The molecule has 0 aromatic carbocycles. The van der Waals surface area contributed by atoms with Gasteiger partial charge in [0, 0.05) is 13.1 Å². The number of alkyl halides is 1. The van der Waals surface area contributed by atoms with E-state index in [1.807, 2.05) is 6.07 Å². The number of halogens is 1. The highest BCUT2D eigenvalue weighted by Crippen LogP contribution is 2.35. The number of rotatable bonds is 6. The van der Waals surface area contributed by atoms with Crippen LogP contribution in [0.2, 0.25) is 0 Å². The summed E-state index contributed by atoms with van der Waals surface area (Å²) in [4.78, 5) is 7.12. The second kappa shape index (κ2) is 4.85. The maximum atomic E-state index is 5.86. The number of anilines is 1.